The molecule has 0 unspecified atom stereocenters. The van der Waals surface area contributed by atoms with Crippen molar-refractivity contribution in [3.8, 4) is 70.0 Å². The van der Waals surface area contributed by atoms with E-state index in [0.717, 1.165) is 33.4 Å². The third kappa shape index (κ3) is 20.9. The van der Waals surface area contributed by atoms with Crippen molar-refractivity contribution >= 4 is 23.1 Å². The Hall–Kier alpha value is -13.8. The molecule has 0 heterocycles. The summed E-state index contributed by atoms with van der Waals surface area (Å²) in [6.45, 7) is 0. The Labute approximate surface area is 571 Å². The van der Waals surface area contributed by atoms with Gasteiger partial charge in [-0.3, -0.25) is 19.2 Å². The van der Waals surface area contributed by atoms with Crippen molar-refractivity contribution in [2.24, 2.45) is 0 Å². The van der Waals surface area contributed by atoms with Crippen LogP contribution in [0.4, 0.5) is 13.2 Å². The number of halogens is 3. The van der Waals surface area contributed by atoms with E-state index in [0.29, 0.717) is 67.5 Å². The van der Waals surface area contributed by atoms with Crippen molar-refractivity contribution < 1.29 is 52.0 Å². The molecule has 0 aliphatic rings. The van der Waals surface area contributed by atoms with Gasteiger partial charge in [-0.25, -0.2) is 13.2 Å². The molecule has 0 atom stereocenters. The molecular weight excluding hydrogens is 1240 g/mol. The van der Waals surface area contributed by atoms with Crippen molar-refractivity contribution in [3.05, 3.63) is 429 Å². The van der Waals surface area contributed by atoms with Gasteiger partial charge >= 0.3 is 0 Å². The van der Waals surface area contributed by atoms with Gasteiger partial charge in [-0.15, -0.1) is 0 Å². The minimum absolute atomic E-state index is 0.0767. The van der Waals surface area contributed by atoms with Gasteiger partial charge in [0.15, 0.2) is 23.1 Å². The molecule has 11 heteroatoms. The molecule has 13 aromatic carbocycles. The first-order valence-electron chi connectivity index (χ1n) is 30.8. The fourth-order valence-electron chi connectivity index (χ4n) is 9.23. The molecule has 0 radical (unpaired) electrons. The molecule has 0 fully saturated rings. The molecule has 478 valence electrons. The first kappa shape index (κ1) is 68.1. The lowest BCUT2D eigenvalue weighted by atomic mass is 10.0. The minimum atomic E-state index is -0.393. The largest absolute Gasteiger partial charge is 0.508 e. The van der Waals surface area contributed by atoms with E-state index in [1.54, 1.807) is 84.9 Å². The zero-order valence-electron chi connectivity index (χ0n) is 52.7. The summed E-state index contributed by atoms with van der Waals surface area (Å²) in [6, 6.07) is 94.0. The molecule has 99 heavy (non-hydrogen) atoms. The monoisotopic (exact) mass is 1300 g/mol. The number of phenols is 2. The highest BCUT2D eigenvalue weighted by atomic mass is 19.1. The second kappa shape index (κ2) is 34.4. The maximum absolute atomic E-state index is 13.1. The maximum atomic E-state index is 13.1. The van der Waals surface area contributed by atoms with Crippen molar-refractivity contribution in [2.45, 2.75) is 0 Å². The smallest absolute Gasteiger partial charge is 0.193 e. The van der Waals surface area contributed by atoms with Gasteiger partial charge in [0.2, 0.25) is 0 Å². The Morgan fingerprint density at radius 2 is 0.374 bits per heavy atom. The van der Waals surface area contributed by atoms with E-state index in [-0.39, 0.29) is 40.4 Å². The molecule has 13 aromatic rings. The molecule has 0 aliphatic heterocycles. The summed E-state index contributed by atoms with van der Waals surface area (Å²) in [5, 5.41) is 17.3. The van der Waals surface area contributed by atoms with Crippen molar-refractivity contribution in [2.75, 3.05) is 0 Å². The van der Waals surface area contributed by atoms with E-state index >= 15 is 0 Å². The number of ketones is 4. The van der Waals surface area contributed by atoms with E-state index in [9.17, 15) is 32.3 Å². The molecule has 0 amide bonds. The summed E-state index contributed by atoms with van der Waals surface area (Å²) in [5.41, 5.74) is 9.44. The molecule has 0 saturated carbocycles. The lowest BCUT2D eigenvalue weighted by Crippen LogP contribution is -2.01. The quantitative estimate of drug-likeness (QED) is 0.0703. The fourth-order valence-corrected chi connectivity index (χ4v) is 9.23. The van der Waals surface area contributed by atoms with Crippen LogP contribution in [0.25, 0.3) is 0 Å². The van der Waals surface area contributed by atoms with Crippen LogP contribution in [0.2, 0.25) is 0 Å². The molecule has 0 saturated heterocycles. The number of carbonyl (C=O) groups excluding carboxylic acids is 4. The number of phenolic OH excluding ortho intramolecular Hbond substituents is 2. The Morgan fingerprint density at radius 1 is 0.212 bits per heavy atom. The van der Waals surface area contributed by atoms with E-state index in [1.807, 2.05) is 152 Å². The normalized spacial score (nSPS) is 9.97. The summed E-state index contributed by atoms with van der Waals surface area (Å²) in [6.07, 6.45) is 0. The predicted molar refractivity (Wildman–Crippen MR) is 379 cm³/mol. The highest BCUT2D eigenvalue weighted by molar-refractivity contribution is 6.11. The van der Waals surface area contributed by atoms with Crippen molar-refractivity contribution in [1.29, 1.82) is 0 Å². The topological polar surface area (TPSA) is 127 Å². The second-order valence-electron chi connectivity index (χ2n) is 21.7. The van der Waals surface area contributed by atoms with Crippen LogP contribution in [0.3, 0.4) is 0 Å². The summed E-state index contributed by atoms with van der Waals surface area (Å²) in [7, 11) is 0. The van der Waals surface area contributed by atoms with Crippen LogP contribution in [0.1, 0.15) is 97.1 Å². The summed E-state index contributed by atoms with van der Waals surface area (Å²) in [4.78, 5) is 50.3. The zero-order chi connectivity index (χ0) is 69.1. The predicted octanol–water partition coefficient (Wildman–Crippen LogP) is 19.3. The third-order valence-corrected chi connectivity index (χ3v) is 14.5. The highest BCUT2D eigenvalue weighted by Gasteiger charge is 2.14. The molecular formula is C88H57F3O8. The van der Waals surface area contributed by atoms with Gasteiger partial charge in [-0.2, -0.15) is 0 Å². The van der Waals surface area contributed by atoms with Gasteiger partial charge in [0.25, 0.3) is 0 Å². The van der Waals surface area contributed by atoms with E-state index in [2.05, 4.69) is 35.5 Å². The van der Waals surface area contributed by atoms with Crippen molar-refractivity contribution in [1.82, 2.24) is 0 Å². The molecule has 8 nitrogen and oxygen atoms in total. The van der Waals surface area contributed by atoms with Crippen LogP contribution in [-0.4, -0.2) is 33.3 Å². The van der Waals surface area contributed by atoms with E-state index in [4.69, 9.17) is 19.7 Å². The molecule has 0 spiro atoms. The fraction of sp³-hybridized carbons (Fsp3) is 0. The number of hydrogen-bond acceptors (Lipinski definition) is 8. The lowest BCUT2D eigenvalue weighted by Gasteiger charge is -2.09. The Morgan fingerprint density at radius 3 is 0.576 bits per heavy atom. The first-order chi connectivity index (χ1) is 48.2. The number of hydrogen-bond donors (Lipinski definition) is 2. The Balaban J connectivity index is 0.000000182. The standard InChI is InChI=1S/C48H30O4.C21H13FO.C13H8F2O.C6H6O2/c49-47(39-19-15-37(16-20-39)13-11-35-7-3-1-4-8-35)41-23-27-43(28-24-41)51-45-31-33-46(34-32-45)52-44-29-25-42(26-30-44)48(50)40-21-17-38(18-22-40)14-12-36-9-5-2-6-10-36;22-20-14-12-19(13-15-20)21(23)18-10-8-17(9-11-18)7-6-16-4-2-1-3-5-16;14-11-5-1-9(2-6-11)13(16)10-3-7-12(15)8-4-10;7-5-1-2-6(8)4-3-5/h1-10,15-34H;1-5,8-15H;1-8H;1-4,7-8H. The number of carbonyl (C=O) groups is 4. The SMILES string of the molecule is O=C(c1ccc(C#Cc2ccccc2)cc1)c1ccc(Oc2ccc(Oc3ccc(C(=O)c4ccc(C#Cc5ccccc5)cc4)cc3)cc2)cc1.O=C(c1ccc(F)cc1)c1ccc(C#Cc2ccccc2)cc1.O=C(c1ccc(F)cc1)c1ccc(F)cc1.Oc1ccc(O)cc1. The van der Waals surface area contributed by atoms with Crippen molar-refractivity contribution in [3.63, 3.8) is 0 Å². The van der Waals surface area contributed by atoms with Crippen LogP contribution in [-0.2, 0) is 0 Å². The maximum Gasteiger partial charge on any atom is 0.193 e. The zero-order valence-corrected chi connectivity index (χ0v) is 52.7. The summed E-state index contributed by atoms with van der Waals surface area (Å²) in [5.74, 6) is 19.8. The van der Waals surface area contributed by atoms with Gasteiger partial charge in [0.1, 0.15) is 51.9 Å². The van der Waals surface area contributed by atoms with E-state index in [1.165, 1.54) is 97.1 Å². The van der Waals surface area contributed by atoms with Crippen LogP contribution in [0, 0.1) is 53.0 Å². The van der Waals surface area contributed by atoms with E-state index < -0.39 is 11.6 Å². The van der Waals surface area contributed by atoms with Gasteiger partial charge in [0.05, 0.1) is 0 Å². The molecule has 2 N–H and O–H groups in total. The number of ether oxygens (including phenoxy) is 2. The van der Waals surface area contributed by atoms with Gasteiger partial charge < -0.3 is 19.7 Å². The molecule has 0 aliphatic carbocycles. The lowest BCUT2D eigenvalue weighted by molar-refractivity contribution is 0.103. The second-order valence-corrected chi connectivity index (χ2v) is 21.7. The minimum Gasteiger partial charge on any atom is -0.508 e. The molecule has 0 aromatic heterocycles. The summed E-state index contributed by atoms with van der Waals surface area (Å²) < 4.78 is 50.2. The molecule has 0 bridgehead atoms. The highest BCUT2D eigenvalue weighted by Crippen LogP contribution is 2.29. The van der Waals surface area contributed by atoms with Crippen LogP contribution < -0.4 is 9.47 Å². The Kier molecular flexibility index (Phi) is 23.6. The Bertz CT molecular complexity index is 4790. The average Bonchev–Trinajstić information content (AvgIpc) is 0.948. The third-order valence-electron chi connectivity index (χ3n) is 14.5. The van der Waals surface area contributed by atoms with Crippen LogP contribution in [0.5, 0.6) is 34.5 Å². The molecule has 13 rings (SSSR count). The summed E-state index contributed by atoms with van der Waals surface area (Å²) >= 11 is 0. The van der Waals surface area contributed by atoms with Crippen LogP contribution in [0.15, 0.2) is 334 Å². The number of aromatic hydroxyl groups is 2. The number of rotatable bonds is 12. The average molecular weight is 1300 g/mol. The van der Waals surface area contributed by atoms with Crippen LogP contribution >= 0.6 is 0 Å². The first-order valence-corrected chi connectivity index (χ1v) is 30.8. The number of benzene rings is 13. The van der Waals surface area contributed by atoms with Gasteiger partial charge in [-0.05, 0) is 279 Å². The van der Waals surface area contributed by atoms with Gasteiger partial charge in [-0.1, -0.05) is 90.1 Å². The van der Waals surface area contributed by atoms with Gasteiger partial charge in [0, 0.05) is 77.9 Å².